The maximum Gasteiger partial charge on any atom is 0.408 e. The minimum absolute atomic E-state index is 0.0490. The molecule has 6 aliphatic rings. The molecule has 17 heteroatoms. The van der Waals surface area contributed by atoms with Crippen molar-refractivity contribution in [2.45, 2.75) is 140 Å². The van der Waals surface area contributed by atoms with E-state index in [-0.39, 0.29) is 37.1 Å². The third-order valence-corrected chi connectivity index (χ3v) is 15.4. The number of fused-ring (bicyclic) bond motifs is 8. The predicted molar refractivity (Wildman–Crippen MR) is 233 cm³/mol. The van der Waals surface area contributed by atoms with Crippen LogP contribution in [0.15, 0.2) is 59.8 Å². The van der Waals surface area contributed by atoms with Crippen LogP contribution < -0.4 is 5.32 Å². The van der Waals surface area contributed by atoms with Crippen molar-refractivity contribution in [3.63, 3.8) is 0 Å². The molecule has 66 heavy (non-hydrogen) atoms. The van der Waals surface area contributed by atoms with Crippen molar-refractivity contribution in [1.29, 1.82) is 0 Å². The molecule has 2 aromatic rings. The molecule has 4 aliphatic carbocycles. The van der Waals surface area contributed by atoms with E-state index in [2.05, 4.69) is 10.3 Å². The van der Waals surface area contributed by atoms with Gasteiger partial charge in [0, 0.05) is 42.8 Å². The molecule has 15 atom stereocenters. The number of aliphatic hydroxyl groups excluding tert-OH is 2. The fraction of sp³-hybridized carbons (Fsp3) is 0.653. The average Bonchev–Trinajstić information content (AvgIpc) is 3.92. The first-order valence-electron chi connectivity index (χ1n) is 22.8. The van der Waals surface area contributed by atoms with E-state index < -0.39 is 130 Å². The lowest BCUT2D eigenvalue weighted by Gasteiger charge is -2.69. The quantitative estimate of drug-likeness (QED) is 0.139. The van der Waals surface area contributed by atoms with Gasteiger partial charge in [-0.2, -0.15) is 0 Å². The summed E-state index contributed by atoms with van der Waals surface area (Å²) in [6, 6.07) is 9.16. The highest BCUT2D eigenvalue weighted by Crippen LogP contribution is 2.68. The second-order valence-corrected chi connectivity index (χ2v) is 21.2. The highest BCUT2D eigenvalue weighted by atomic mass is 19.1. The molecule has 2 bridgehead atoms. The fourth-order valence-electron chi connectivity index (χ4n) is 12.2. The summed E-state index contributed by atoms with van der Waals surface area (Å²) in [4.78, 5) is 61.4. The number of aromatic nitrogens is 1. The summed E-state index contributed by atoms with van der Waals surface area (Å²) in [7, 11) is 3.74. The van der Waals surface area contributed by atoms with Gasteiger partial charge >= 0.3 is 18.0 Å². The molecule has 2 unspecified atom stereocenters. The second kappa shape index (κ2) is 17.0. The third-order valence-electron chi connectivity index (χ3n) is 15.4. The topological polar surface area (TPSA) is 213 Å². The Morgan fingerprint density at radius 2 is 1.74 bits per heavy atom. The summed E-state index contributed by atoms with van der Waals surface area (Å²) >= 11 is 0. The van der Waals surface area contributed by atoms with Crippen molar-refractivity contribution in [1.82, 2.24) is 15.2 Å². The Morgan fingerprint density at radius 3 is 2.35 bits per heavy atom. The number of pyridine rings is 1. The number of esters is 2. The van der Waals surface area contributed by atoms with Crippen LogP contribution in [0.2, 0.25) is 0 Å². The molecule has 1 amide bonds. The van der Waals surface area contributed by atoms with E-state index in [4.69, 9.17) is 28.4 Å². The summed E-state index contributed by atoms with van der Waals surface area (Å²) in [5.74, 6) is -5.99. The van der Waals surface area contributed by atoms with Crippen LogP contribution in [0.25, 0.3) is 0 Å². The third kappa shape index (κ3) is 7.95. The SMILES string of the molecule is CC(=O)O[C@@]12CO[C@@H]1C[C@H](O)[C@@]1(C)[C@@H]3O[C@H](CN(C)C)O[C@@H]3C3=C(C)[C@@H](C4CC4C(=O)[C@H](O)[C@@H](NC(=O)OC(C)(C)C)c4ncccc4F)C[C@@](O)([C@@H](OC(=O)c4ccccc4)[C@H]21)C3(C)C. The smallest absolute Gasteiger partial charge is 0.408 e. The maximum absolute atomic E-state index is 15.3. The van der Waals surface area contributed by atoms with Crippen LogP contribution in [0.3, 0.4) is 0 Å². The number of halogens is 1. The Morgan fingerprint density at radius 1 is 1.05 bits per heavy atom. The second-order valence-electron chi connectivity index (χ2n) is 21.2. The zero-order chi connectivity index (χ0) is 48.1. The van der Waals surface area contributed by atoms with Crippen LogP contribution in [-0.4, -0.2) is 136 Å². The van der Waals surface area contributed by atoms with Gasteiger partial charge in [-0.25, -0.2) is 14.0 Å². The number of ketones is 1. The zero-order valence-electron chi connectivity index (χ0n) is 39.3. The number of Topliss-reactive ketones (excluding diaryl/α,β-unsaturated/α-hetero) is 1. The number of likely N-dealkylation sites (N-methyl/N-ethyl adjacent to an activating group) is 1. The molecule has 0 spiro atoms. The van der Waals surface area contributed by atoms with E-state index in [1.807, 2.05) is 46.7 Å². The van der Waals surface area contributed by atoms with Crippen LogP contribution in [-0.2, 0) is 38.0 Å². The number of hydrogen-bond acceptors (Lipinski definition) is 15. The van der Waals surface area contributed by atoms with Crippen molar-refractivity contribution in [3.05, 3.63) is 76.9 Å². The first-order valence-corrected chi connectivity index (χ1v) is 22.8. The molecule has 16 nitrogen and oxygen atoms in total. The molecule has 1 aromatic heterocycles. The minimum Gasteiger partial charge on any atom is -0.455 e. The van der Waals surface area contributed by atoms with E-state index in [0.717, 1.165) is 11.6 Å². The lowest BCUT2D eigenvalue weighted by molar-refractivity contribution is -0.361. The van der Waals surface area contributed by atoms with Gasteiger partial charge in [0.1, 0.15) is 53.2 Å². The van der Waals surface area contributed by atoms with Crippen LogP contribution in [0.5, 0.6) is 0 Å². The molecule has 4 N–H and O–H groups in total. The minimum atomic E-state index is -2.02. The van der Waals surface area contributed by atoms with Gasteiger partial charge in [0.15, 0.2) is 17.7 Å². The first kappa shape index (κ1) is 48.1. The van der Waals surface area contributed by atoms with E-state index >= 15 is 4.39 Å². The Bertz CT molecular complexity index is 2270. The number of carbonyl (C=O) groups is 4. The number of hydrogen-bond donors (Lipinski definition) is 4. The number of alkyl carbamates (subject to hydrolysis) is 1. The largest absolute Gasteiger partial charge is 0.455 e. The van der Waals surface area contributed by atoms with Crippen molar-refractivity contribution in [2.75, 3.05) is 27.2 Å². The normalized spacial score (nSPS) is 37.4. The molecule has 0 radical (unpaired) electrons. The molecule has 3 saturated carbocycles. The van der Waals surface area contributed by atoms with Crippen molar-refractivity contribution < 1.29 is 67.3 Å². The van der Waals surface area contributed by atoms with E-state index in [0.29, 0.717) is 12.1 Å². The highest BCUT2D eigenvalue weighted by molar-refractivity contribution is 5.90. The molecule has 8 rings (SSSR count). The number of benzene rings is 1. The van der Waals surface area contributed by atoms with Gasteiger partial charge in [-0.3, -0.25) is 14.6 Å². The standard InChI is InChI=1S/C49H64FN3O13/c1-24-29(27-19-28(27)37(56)38(57)36(35-30(50)17-14-18-51-35)52-44(59)66-45(3,4)5)21-49(60)42(64-43(58)26-15-12-11-13-16-26)40-47(8,31(55)20-32-48(40,23-61-32)65-25(2)54)41-39(34(24)46(49,6)7)62-33(63-41)22-53(9)10/h11-18,27-29,31-33,36,38-42,55,57,60H,19-23H2,1-10H3,(H,52,59)/t27?,28?,29-,31-,32+,33+,36-,38+,39+,40-,41+,42-,47+,48-,49+/m0/s1. The van der Waals surface area contributed by atoms with Gasteiger partial charge in [0.05, 0.1) is 30.3 Å². The van der Waals surface area contributed by atoms with Gasteiger partial charge < -0.3 is 54.0 Å². The van der Waals surface area contributed by atoms with Gasteiger partial charge in [0.25, 0.3) is 0 Å². The molecular weight excluding hydrogens is 858 g/mol. The number of nitrogens with zero attached hydrogens (tertiary/aromatic N) is 2. The summed E-state index contributed by atoms with van der Waals surface area (Å²) in [6.07, 6.45) is -7.62. The molecule has 2 saturated heterocycles. The summed E-state index contributed by atoms with van der Waals surface area (Å²) in [5.41, 5.74) is -5.87. The molecule has 1 aromatic carbocycles. The van der Waals surface area contributed by atoms with Gasteiger partial charge in [-0.1, -0.05) is 44.5 Å². The van der Waals surface area contributed by atoms with Gasteiger partial charge in [-0.05, 0) is 96.3 Å². The van der Waals surface area contributed by atoms with Crippen LogP contribution >= 0.6 is 0 Å². The highest BCUT2D eigenvalue weighted by Gasteiger charge is 2.79. The van der Waals surface area contributed by atoms with Crippen molar-refractivity contribution >= 4 is 23.8 Å². The Labute approximate surface area is 384 Å². The average molecular weight is 922 g/mol. The number of aliphatic hydroxyl groups is 3. The number of allylic oxidation sites excluding steroid dienone is 1. The van der Waals surface area contributed by atoms with Crippen molar-refractivity contribution in [3.8, 4) is 0 Å². The fourth-order valence-corrected chi connectivity index (χ4v) is 12.2. The first-order chi connectivity index (χ1) is 30.9. The van der Waals surface area contributed by atoms with Crippen molar-refractivity contribution in [2.24, 2.45) is 34.5 Å². The number of rotatable bonds is 11. The summed E-state index contributed by atoms with van der Waals surface area (Å²) < 4.78 is 53.7. The lowest BCUT2D eigenvalue weighted by Crippen LogP contribution is -2.82. The zero-order valence-corrected chi connectivity index (χ0v) is 39.3. The molecule has 3 heterocycles. The van der Waals surface area contributed by atoms with E-state index in [9.17, 15) is 34.5 Å². The summed E-state index contributed by atoms with van der Waals surface area (Å²) in [6.45, 7) is 13.9. The Kier molecular flexibility index (Phi) is 12.4. The lowest BCUT2D eigenvalue weighted by atomic mass is 9.43. The molecular formula is C49H64FN3O13. The van der Waals surface area contributed by atoms with Gasteiger partial charge in [-0.15, -0.1) is 0 Å². The number of nitrogens with one attached hydrogen (secondary N) is 1. The van der Waals surface area contributed by atoms with E-state index in [1.54, 1.807) is 51.1 Å². The van der Waals surface area contributed by atoms with Gasteiger partial charge in [0.2, 0.25) is 0 Å². The summed E-state index contributed by atoms with van der Waals surface area (Å²) in [5, 5.41) is 40.9. The maximum atomic E-state index is 15.3. The Balaban J connectivity index is 1.26. The molecule has 2 aliphatic heterocycles. The Hall–Kier alpha value is -4.36. The number of ether oxygens (including phenoxy) is 6. The number of carbonyl (C=O) groups excluding carboxylic acids is 4. The molecule has 5 fully saturated rings. The van der Waals surface area contributed by atoms with Crippen LogP contribution in [0, 0.1) is 40.3 Å². The molecule has 360 valence electrons. The van der Waals surface area contributed by atoms with E-state index in [1.165, 1.54) is 19.2 Å². The number of amides is 1. The monoisotopic (exact) mass is 921 g/mol. The predicted octanol–water partition coefficient (Wildman–Crippen LogP) is 4.45. The van der Waals surface area contributed by atoms with Crippen LogP contribution in [0.4, 0.5) is 9.18 Å². The van der Waals surface area contributed by atoms with Crippen LogP contribution in [0.1, 0.15) is 96.7 Å².